The van der Waals surface area contributed by atoms with Crippen molar-refractivity contribution < 1.29 is 0 Å². The standard InChI is InChI=1S/C14H23N5/c1-11-14(12(2)17-16-11)10-18(4)7-5-8-19-9-6-15-13(19)3/h6,9H,5,7-8,10H2,1-4H3,(H,16,17). The van der Waals surface area contributed by atoms with Gasteiger partial charge in [0.2, 0.25) is 0 Å². The van der Waals surface area contributed by atoms with Crippen molar-refractivity contribution in [1.82, 2.24) is 24.6 Å². The van der Waals surface area contributed by atoms with E-state index in [1.54, 1.807) is 0 Å². The summed E-state index contributed by atoms with van der Waals surface area (Å²) in [7, 11) is 2.16. The Balaban J connectivity index is 1.79. The molecule has 2 heterocycles. The molecule has 0 saturated heterocycles. The van der Waals surface area contributed by atoms with Gasteiger partial charge in [-0.25, -0.2) is 4.98 Å². The summed E-state index contributed by atoms with van der Waals surface area (Å²) in [6, 6.07) is 0. The summed E-state index contributed by atoms with van der Waals surface area (Å²) in [5, 5.41) is 7.28. The van der Waals surface area contributed by atoms with Crippen LogP contribution in [0.5, 0.6) is 0 Å². The first-order chi connectivity index (χ1) is 9.08. The highest BCUT2D eigenvalue weighted by Crippen LogP contribution is 2.11. The highest BCUT2D eigenvalue weighted by Gasteiger charge is 2.09. The molecular weight excluding hydrogens is 238 g/mol. The number of hydrogen-bond acceptors (Lipinski definition) is 3. The fourth-order valence-electron chi connectivity index (χ4n) is 2.31. The topological polar surface area (TPSA) is 49.7 Å². The van der Waals surface area contributed by atoms with Crippen LogP contribution in [-0.2, 0) is 13.1 Å². The monoisotopic (exact) mass is 261 g/mol. The molecule has 0 aliphatic rings. The van der Waals surface area contributed by atoms with Gasteiger partial charge in [-0.05, 0) is 40.8 Å². The molecule has 0 aliphatic heterocycles. The van der Waals surface area contributed by atoms with Crippen LogP contribution in [0.1, 0.15) is 29.2 Å². The lowest BCUT2D eigenvalue weighted by molar-refractivity contribution is 0.312. The second-order valence-electron chi connectivity index (χ2n) is 5.17. The van der Waals surface area contributed by atoms with Crippen molar-refractivity contribution in [2.75, 3.05) is 13.6 Å². The van der Waals surface area contributed by atoms with Crippen LogP contribution in [-0.4, -0.2) is 38.2 Å². The molecule has 0 atom stereocenters. The quantitative estimate of drug-likeness (QED) is 0.866. The average molecular weight is 261 g/mol. The van der Waals surface area contributed by atoms with Gasteiger partial charge in [-0.15, -0.1) is 0 Å². The van der Waals surface area contributed by atoms with Crippen LogP contribution in [0.25, 0.3) is 0 Å². The van der Waals surface area contributed by atoms with Crippen molar-refractivity contribution in [2.24, 2.45) is 0 Å². The van der Waals surface area contributed by atoms with Gasteiger partial charge in [0.1, 0.15) is 5.82 Å². The maximum absolute atomic E-state index is 4.24. The summed E-state index contributed by atoms with van der Waals surface area (Å²) >= 11 is 0. The second-order valence-corrected chi connectivity index (χ2v) is 5.17. The lowest BCUT2D eigenvalue weighted by atomic mass is 10.2. The second kappa shape index (κ2) is 6.02. The van der Waals surface area contributed by atoms with Gasteiger partial charge in [0.05, 0.1) is 5.69 Å². The minimum absolute atomic E-state index is 0.955. The molecule has 19 heavy (non-hydrogen) atoms. The van der Waals surface area contributed by atoms with Crippen molar-refractivity contribution in [1.29, 1.82) is 0 Å². The number of nitrogens with one attached hydrogen (secondary N) is 1. The molecule has 5 heteroatoms. The van der Waals surface area contributed by atoms with Gasteiger partial charge in [0.25, 0.3) is 0 Å². The Morgan fingerprint density at radius 1 is 1.32 bits per heavy atom. The van der Waals surface area contributed by atoms with E-state index in [0.29, 0.717) is 0 Å². The third-order valence-corrected chi connectivity index (χ3v) is 3.57. The first kappa shape index (κ1) is 13.8. The summed E-state index contributed by atoms with van der Waals surface area (Å²) in [6.45, 7) is 9.24. The number of imidazole rings is 1. The van der Waals surface area contributed by atoms with Crippen molar-refractivity contribution in [3.63, 3.8) is 0 Å². The molecule has 0 fully saturated rings. The predicted molar refractivity (Wildman–Crippen MR) is 76.0 cm³/mol. The van der Waals surface area contributed by atoms with Gasteiger partial charge in [0.15, 0.2) is 0 Å². The SMILES string of the molecule is Cc1n[nH]c(C)c1CN(C)CCCn1ccnc1C. The Morgan fingerprint density at radius 3 is 2.68 bits per heavy atom. The molecule has 104 valence electrons. The minimum atomic E-state index is 0.955. The van der Waals surface area contributed by atoms with E-state index in [-0.39, 0.29) is 0 Å². The zero-order valence-corrected chi connectivity index (χ0v) is 12.3. The van der Waals surface area contributed by atoms with Gasteiger partial charge in [-0.1, -0.05) is 0 Å². The lowest BCUT2D eigenvalue weighted by Gasteiger charge is -2.17. The van der Waals surface area contributed by atoms with E-state index in [4.69, 9.17) is 0 Å². The molecule has 2 aromatic rings. The van der Waals surface area contributed by atoms with E-state index < -0.39 is 0 Å². The first-order valence-corrected chi connectivity index (χ1v) is 6.74. The molecule has 0 spiro atoms. The Hall–Kier alpha value is -1.62. The summed E-state index contributed by atoms with van der Waals surface area (Å²) in [5.41, 5.74) is 3.60. The van der Waals surface area contributed by atoms with Crippen LogP contribution < -0.4 is 0 Å². The number of aryl methyl sites for hydroxylation is 4. The van der Waals surface area contributed by atoms with Crippen molar-refractivity contribution in [3.8, 4) is 0 Å². The molecule has 2 rings (SSSR count). The molecule has 0 amide bonds. The highest BCUT2D eigenvalue weighted by molar-refractivity contribution is 5.22. The van der Waals surface area contributed by atoms with Gasteiger partial charge in [-0.3, -0.25) is 5.10 Å². The fourth-order valence-corrected chi connectivity index (χ4v) is 2.31. The molecule has 2 aromatic heterocycles. The van der Waals surface area contributed by atoms with E-state index in [2.05, 4.69) is 45.5 Å². The van der Waals surface area contributed by atoms with Gasteiger partial charge < -0.3 is 9.47 Å². The smallest absolute Gasteiger partial charge is 0.105 e. The van der Waals surface area contributed by atoms with Crippen molar-refractivity contribution in [2.45, 2.75) is 40.3 Å². The predicted octanol–water partition coefficient (Wildman–Crippen LogP) is 2.05. The third kappa shape index (κ3) is 3.44. The number of H-pyrrole nitrogens is 1. The molecule has 0 unspecified atom stereocenters. The summed E-state index contributed by atoms with van der Waals surface area (Å²) in [5.74, 6) is 1.09. The highest BCUT2D eigenvalue weighted by atomic mass is 15.1. The number of nitrogens with zero attached hydrogens (tertiary/aromatic N) is 4. The van der Waals surface area contributed by atoms with Crippen LogP contribution in [0.15, 0.2) is 12.4 Å². The zero-order valence-electron chi connectivity index (χ0n) is 12.3. The summed E-state index contributed by atoms with van der Waals surface area (Å²) in [6.07, 6.45) is 5.03. The van der Waals surface area contributed by atoms with Gasteiger partial charge in [-0.2, -0.15) is 5.10 Å². The first-order valence-electron chi connectivity index (χ1n) is 6.74. The van der Waals surface area contributed by atoms with Gasteiger partial charge in [0, 0.05) is 36.7 Å². The zero-order chi connectivity index (χ0) is 13.8. The molecular formula is C14H23N5. The van der Waals surface area contributed by atoms with Crippen molar-refractivity contribution >= 4 is 0 Å². The number of aromatic nitrogens is 4. The fraction of sp³-hybridized carbons (Fsp3) is 0.571. The van der Waals surface area contributed by atoms with Crippen LogP contribution in [0, 0.1) is 20.8 Å². The van der Waals surface area contributed by atoms with E-state index in [9.17, 15) is 0 Å². The molecule has 0 bridgehead atoms. The minimum Gasteiger partial charge on any atom is -0.335 e. The summed E-state index contributed by atoms with van der Waals surface area (Å²) in [4.78, 5) is 6.58. The molecule has 0 saturated carbocycles. The Morgan fingerprint density at radius 2 is 2.11 bits per heavy atom. The normalized spacial score (nSPS) is 11.4. The average Bonchev–Trinajstić information content (AvgIpc) is 2.90. The largest absolute Gasteiger partial charge is 0.335 e. The van der Waals surface area contributed by atoms with Crippen LogP contribution in [0.2, 0.25) is 0 Å². The molecule has 0 aliphatic carbocycles. The maximum atomic E-state index is 4.24. The van der Waals surface area contributed by atoms with E-state index in [1.807, 2.05) is 19.3 Å². The van der Waals surface area contributed by atoms with Crippen molar-refractivity contribution in [3.05, 3.63) is 35.2 Å². The Kier molecular flexibility index (Phi) is 4.37. The molecule has 0 radical (unpaired) electrons. The molecule has 1 N–H and O–H groups in total. The lowest BCUT2D eigenvalue weighted by Crippen LogP contribution is -2.21. The number of aromatic amines is 1. The Labute approximate surface area is 114 Å². The van der Waals surface area contributed by atoms with E-state index in [1.165, 1.54) is 11.3 Å². The molecule has 5 nitrogen and oxygen atoms in total. The number of rotatable bonds is 6. The maximum Gasteiger partial charge on any atom is 0.105 e. The van der Waals surface area contributed by atoms with Crippen LogP contribution >= 0.6 is 0 Å². The number of hydrogen-bond donors (Lipinski definition) is 1. The van der Waals surface area contributed by atoms with Crippen LogP contribution in [0.3, 0.4) is 0 Å². The molecule has 0 aromatic carbocycles. The summed E-state index contributed by atoms with van der Waals surface area (Å²) < 4.78 is 2.20. The van der Waals surface area contributed by atoms with Crippen LogP contribution in [0.4, 0.5) is 0 Å². The van der Waals surface area contributed by atoms with E-state index >= 15 is 0 Å². The third-order valence-electron chi connectivity index (χ3n) is 3.57. The Bertz CT molecular complexity index is 506. The van der Waals surface area contributed by atoms with E-state index in [0.717, 1.165) is 37.6 Å². The van der Waals surface area contributed by atoms with Gasteiger partial charge >= 0.3 is 0 Å².